The van der Waals surface area contributed by atoms with Crippen LogP contribution in [0.1, 0.15) is 27.2 Å². The molecule has 1 atom stereocenters. The standard InChI is InChI=1S/C10H23N3O2S/c1-4-10(9(2)3)12-16(14,15)13-7-5-11-6-8-13/h9-12H,4-8H2,1-3H3. The van der Waals surface area contributed by atoms with Gasteiger partial charge in [-0.15, -0.1) is 0 Å². The molecule has 5 nitrogen and oxygen atoms in total. The summed E-state index contributed by atoms with van der Waals surface area (Å²) in [5.41, 5.74) is 0. The van der Waals surface area contributed by atoms with Crippen LogP contribution in [0.2, 0.25) is 0 Å². The molecule has 0 amide bonds. The summed E-state index contributed by atoms with van der Waals surface area (Å²) in [7, 11) is -3.30. The van der Waals surface area contributed by atoms with Crippen molar-refractivity contribution >= 4 is 10.2 Å². The van der Waals surface area contributed by atoms with Crippen LogP contribution in [0.4, 0.5) is 0 Å². The summed E-state index contributed by atoms with van der Waals surface area (Å²) in [6.07, 6.45) is 0.822. The number of nitrogens with zero attached hydrogens (tertiary/aromatic N) is 1. The van der Waals surface area contributed by atoms with Crippen molar-refractivity contribution in [3.63, 3.8) is 0 Å². The molecule has 1 fully saturated rings. The summed E-state index contributed by atoms with van der Waals surface area (Å²) in [6, 6.07) is 0.0277. The highest BCUT2D eigenvalue weighted by Gasteiger charge is 2.26. The zero-order chi connectivity index (χ0) is 12.2. The third kappa shape index (κ3) is 3.69. The van der Waals surface area contributed by atoms with E-state index in [-0.39, 0.29) is 6.04 Å². The van der Waals surface area contributed by atoms with Crippen LogP contribution in [0.5, 0.6) is 0 Å². The average molecular weight is 249 g/mol. The highest BCUT2D eigenvalue weighted by molar-refractivity contribution is 7.87. The fourth-order valence-electron chi connectivity index (χ4n) is 1.84. The minimum absolute atomic E-state index is 0.0277. The van der Waals surface area contributed by atoms with Crippen molar-refractivity contribution in [3.8, 4) is 0 Å². The van der Waals surface area contributed by atoms with Crippen LogP contribution in [0.15, 0.2) is 0 Å². The van der Waals surface area contributed by atoms with Crippen molar-refractivity contribution in [2.24, 2.45) is 5.92 Å². The van der Waals surface area contributed by atoms with E-state index in [1.165, 1.54) is 4.31 Å². The maximum Gasteiger partial charge on any atom is 0.279 e. The SMILES string of the molecule is CCC(NS(=O)(=O)N1CCNCC1)C(C)C. The molecule has 0 aliphatic carbocycles. The summed E-state index contributed by atoms with van der Waals surface area (Å²) in [4.78, 5) is 0. The van der Waals surface area contributed by atoms with Gasteiger partial charge in [0, 0.05) is 32.2 Å². The lowest BCUT2D eigenvalue weighted by atomic mass is 10.0. The summed E-state index contributed by atoms with van der Waals surface area (Å²) in [5, 5.41) is 3.14. The Labute approximate surface area is 98.8 Å². The first kappa shape index (κ1) is 13.9. The first-order valence-electron chi connectivity index (χ1n) is 5.95. The zero-order valence-corrected chi connectivity index (χ0v) is 11.2. The Morgan fingerprint density at radius 2 is 1.88 bits per heavy atom. The van der Waals surface area contributed by atoms with Crippen molar-refractivity contribution in [1.82, 2.24) is 14.3 Å². The number of hydrogen-bond donors (Lipinski definition) is 2. The highest BCUT2D eigenvalue weighted by Crippen LogP contribution is 2.09. The van der Waals surface area contributed by atoms with Gasteiger partial charge in [0.1, 0.15) is 0 Å². The van der Waals surface area contributed by atoms with Gasteiger partial charge in [0.2, 0.25) is 0 Å². The van der Waals surface area contributed by atoms with Crippen molar-refractivity contribution in [1.29, 1.82) is 0 Å². The first-order chi connectivity index (χ1) is 7.47. The van der Waals surface area contributed by atoms with E-state index in [0.717, 1.165) is 19.5 Å². The Morgan fingerprint density at radius 3 is 2.31 bits per heavy atom. The smallest absolute Gasteiger partial charge is 0.279 e. The molecule has 1 unspecified atom stereocenters. The summed E-state index contributed by atoms with van der Waals surface area (Å²) < 4.78 is 28.4. The maximum atomic E-state index is 12.0. The van der Waals surface area contributed by atoms with Gasteiger partial charge in [-0.05, 0) is 12.3 Å². The zero-order valence-electron chi connectivity index (χ0n) is 10.4. The van der Waals surface area contributed by atoms with Crippen LogP contribution in [0.3, 0.4) is 0 Å². The predicted molar refractivity (Wildman–Crippen MR) is 65.4 cm³/mol. The van der Waals surface area contributed by atoms with Gasteiger partial charge in [0.05, 0.1) is 0 Å². The largest absolute Gasteiger partial charge is 0.314 e. The molecule has 1 aliphatic rings. The number of nitrogens with one attached hydrogen (secondary N) is 2. The van der Waals surface area contributed by atoms with Crippen LogP contribution in [-0.2, 0) is 10.2 Å². The molecule has 0 aromatic rings. The fraction of sp³-hybridized carbons (Fsp3) is 1.00. The Hall–Kier alpha value is -0.170. The Kier molecular flexibility index (Phi) is 5.17. The predicted octanol–water partition coefficient (Wildman–Crippen LogP) is 0.161. The van der Waals surface area contributed by atoms with E-state index >= 15 is 0 Å². The molecule has 96 valence electrons. The van der Waals surface area contributed by atoms with Crippen molar-refractivity contribution in [2.45, 2.75) is 33.2 Å². The molecule has 0 aromatic heterocycles. The van der Waals surface area contributed by atoms with E-state index < -0.39 is 10.2 Å². The maximum absolute atomic E-state index is 12.0. The van der Waals surface area contributed by atoms with Crippen LogP contribution in [-0.4, -0.2) is 44.9 Å². The molecule has 1 saturated heterocycles. The van der Waals surface area contributed by atoms with Gasteiger partial charge in [-0.1, -0.05) is 20.8 Å². The summed E-state index contributed by atoms with van der Waals surface area (Å²) >= 11 is 0. The molecule has 16 heavy (non-hydrogen) atoms. The van der Waals surface area contributed by atoms with Crippen LogP contribution in [0, 0.1) is 5.92 Å². The molecule has 0 saturated carbocycles. The van der Waals surface area contributed by atoms with Crippen molar-refractivity contribution < 1.29 is 8.42 Å². The Balaban J connectivity index is 2.62. The van der Waals surface area contributed by atoms with E-state index in [9.17, 15) is 8.42 Å². The number of piperazine rings is 1. The monoisotopic (exact) mass is 249 g/mol. The lowest BCUT2D eigenvalue weighted by molar-refractivity contribution is 0.342. The van der Waals surface area contributed by atoms with Gasteiger partial charge < -0.3 is 5.32 Å². The Bertz CT molecular complexity index is 297. The fourth-order valence-corrected chi connectivity index (χ4v) is 3.48. The molecule has 2 N–H and O–H groups in total. The third-order valence-electron chi connectivity index (χ3n) is 2.96. The van der Waals surface area contributed by atoms with E-state index in [1.807, 2.05) is 20.8 Å². The molecular formula is C10H23N3O2S. The van der Waals surface area contributed by atoms with E-state index in [2.05, 4.69) is 10.0 Å². The van der Waals surface area contributed by atoms with Gasteiger partial charge in [0.15, 0.2) is 0 Å². The molecule has 0 aromatic carbocycles. The molecule has 0 radical (unpaired) electrons. The molecule has 1 heterocycles. The summed E-state index contributed by atoms with van der Waals surface area (Å²) in [6.45, 7) is 8.67. The van der Waals surface area contributed by atoms with Gasteiger partial charge in [-0.25, -0.2) is 0 Å². The lowest BCUT2D eigenvalue weighted by Gasteiger charge is -2.29. The number of hydrogen-bond acceptors (Lipinski definition) is 3. The average Bonchev–Trinajstić information content (AvgIpc) is 2.27. The third-order valence-corrected chi connectivity index (χ3v) is 4.61. The minimum Gasteiger partial charge on any atom is -0.314 e. The second-order valence-corrected chi connectivity index (χ2v) is 6.23. The van der Waals surface area contributed by atoms with Crippen LogP contribution < -0.4 is 10.0 Å². The highest BCUT2D eigenvalue weighted by atomic mass is 32.2. The van der Waals surface area contributed by atoms with Gasteiger partial charge in [0.25, 0.3) is 10.2 Å². The molecule has 0 bridgehead atoms. The molecule has 0 spiro atoms. The van der Waals surface area contributed by atoms with Crippen molar-refractivity contribution in [3.05, 3.63) is 0 Å². The van der Waals surface area contributed by atoms with E-state index in [0.29, 0.717) is 19.0 Å². The first-order valence-corrected chi connectivity index (χ1v) is 7.39. The van der Waals surface area contributed by atoms with Crippen molar-refractivity contribution in [2.75, 3.05) is 26.2 Å². The van der Waals surface area contributed by atoms with Gasteiger partial charge in [-0.3, -0.25) is 0 Å². The van der Waals surface area contributed by atoms with E-state index in [1.54, 1.807) is 0 Å². The topological polar surface area (TPSA) is 61.4 Å². The van der Waals surface area contributed by atoms with Crippen LogP contribution >= 0.6 is 0 Å². The second kappa shape index (κ2) is 5.95. The molecule has 1 rings (SSSR count). The number of rotatable bonds is 5. The lowest BCUT2D eigenvalue weighted by Crippen LogP contribution is -2.53. The molecule has 6 heteroatoms. The molecule has 1 aliphatic heterocycles. The minimum atomic E-state index is -3.30. The van der Waals surface area contributed by atoms with Gasteiger partial charge >= 0.3 is 0 Å². The summed E-state index contributed by atoms with van der Waals surface area (Å²) in [5.74, 6) is 0.322. The quantitative estimate of drug-likeness (QED) is 0.730. The second-order valence-electron chi connectivity index (χ2n) is 4.53. The normalized spacial score (nSPS) is 21.2. The van der Waals surface area contributed by atoms with E-state index in [4.69, 9.17) is 0 Å². The Morgan fingerprint density at radius 1 is 1.31 bits per heavy atom. The molecular weight excluding hydrogens is 226 g/mol. The van der Waals surface area contributed by atoms with Gasteiger partial charge in [-0.2, -0.15) is 17.4 Å². The van der Waals surface area contributed by atoms with Crippen LogP contribution in [0.25, 0.3) is 0 Å².